The quantitative estimate of drug-likeness (QED) is 0.598. The SMILES string of the molecule is CNC(=O)c1ccc(Oc2ccc(OCC(C)C)nc2)c(-c2cccnc2OC)c1. The first kappa shape index (κ1) is 21.1. The predicted octanol–water partition coefficient (Wildman–Crippen LogP) is 4.34. The molecule has 0 saturated heterocycles. The monoisotopic (exact) mass is 407 g/mol. The van der Waals surface area contributed by atoms with Gasteiger partial charge in [0.1, 0.15) is 11.5 Å². The molecule has 0 fully saturated rings. The summed E-state index contributed by atoms with van der Waals surface area (Å²) in [4.78, 5) is 20.7. The van der Waals surface area contributed by atoms with E-state index in [1.54, 1.807) is 62.9 Å². The van der Waals surface area contributed by atoms with E-state index in [-0.39, 0.29) is 5.91 Å². The molecule has 0 aliphatic carbocycles. The molecular formula is C23H25N3O4. The number of hydrogen-bond acceptors (Lipinski definition) is 6. The van der Waals surface area contributed by atoms with Crippen LogP contribution in [0, 0.1) is 5.92 Å². The van der Waals surface area contributed by atoms with Gasteiger partial charge in [0.15, 0.2) is 0 Å². The van der Waals surface area contributed by atoms with Crippen LogP contribution < -0.4 is 19.5 Å². The first-order valence-electron chi connectivity index (χ1n) is 9.64. The highest BCUT2D eigenvalue weighted by atomic mass is 16.5. The zero-order valence-electron chi connectivity index (χ0n) is 17.5. The van der Waals surface area contributed by atoms with Crippen LogP contribution in [0.15, 0.2) is 54.9 Å². The average Bonchev–Trinajstić information content (AvgIpc) is 2.78. The number of amides is 1. The van der Waals surface area contributed by atoms with Crippen LogP contribution in [-0.4, -0.2) is 36.6 Å². The average molecular weight is 407 g/mol. The maximum atomic E-state index is 12.1. The van der Waals surface area contributed by atoms with E-state index in [9.17, 15) is 4.79 Å². The van der Waals surface area contributed by atoms with Gasteiger partial charge in [-0.25, -0.2) is 9.97 Å². The molecular weight excluding hydrogens is 382 g/mol. The molecule has 1 aromatic carbocycles. The van der Waals surface area contributed by atoms with E-state index in [0.29, 0.717) is 52.5 Å². The topological polar surface area (TPSA) is 82.6 Å². The lowest BCUT2D eigenvalue weighted by molar-refractivity contribution is 0.0963. The molecule has 30 heavy (non-hydrogen) atoms. The molecule has 0 spiro atoms. The number of ether oxygens (including phenoxy) is 3. The van der Waals surface area contributed by atoms with Crippen LogP contribution in [0.1, 0.15) is 24.2 Å². The molecule has 0 unspecified atom stereocenters. The molecule has 2 aromatic heterocycles. The molecule has 1 N–H and O–H groups in total. The summed E-state index contributed by atoms with van der Waals surface area (Å²) in [6.45, 7) is 4.75. The zero-order valence-corrected chi connectivity index (χ0v) is 17.5. The van der Waals surface area contributed by atoms with E-state index in [1.807, 2.05) is 6.07 Å². The van der Waals surface area contributed by atoms with E-state index >= 15 is 0 Å². The Morgan fingerprint density at radius 2 is 1.93 bits per heavy atom. The fourth-order valence-electron chi connectivity index (χ4n) is 2.77. The Bertz CT molecular complexity index is 1000. The number of rotatable bonds is 8. The number of benzene rings is 1. The van der Waals surface area contributed by atoms with Gasteiger partial charge in [-0.3, -0.25) is 4.79 Å². The fraction of sp³-hybridized carbons (Fsp3) is 0.261. The van der Waals surface area contributed by atoms with Crippen molar-refractivity contribution in [2.45, 2.75) is 13.8 Å². The lowest BCUT2D eigenvalue weighted by Gasteiger charge is -2.15. The molecule has 1 amide bonds. The molecule has 7 heteroatoms. The Morgan fingerprint density at radius 1 is 1.10 bits per heavy atom. The van der Waals surface area contributed by atoms with E-state index < -0.39 is 0 Å². The van der Waals surface area contributed by atoms with Gasteiger partial charge in [0.2, 0.25) is 11.8 Å². The summed E-state index contributed by atoms with van der Waals surface area (Å²) in [5.41, 5.74) is 1.90. The molecule has 156 valence electrons. The number of hydrogen-bond donors (Lipinski definition) is 1. The summed E-state index contributed by atoms with van der Waals surface area (Å²) in [6, 6.07) is 12.4. The molecule has 7 nitrogen and oxygen atoms in total. The number of carbonyl (C=O) groups excluding carboxylic acids is 1. The number of methoxy groups -OCH3 is 1. The Labute approximate surface area is 176 Å². The Balaban J connectivity index is 1.95. The van der Waals surface area contributed by atoms with Crippen molar-refractivity contribution in [3.63, 3.8) is 0 Å². The first-order chi connectivity index (χ1) is 14.5. The first-order valence-corrected chi connectivity index (χ1v) is 9.64. The van der Waals surface area contributed by atoms with Gasteiger partial charge in [-0.1, -0.05) is 13.8 Å². The van der Waals surface area contributed by atoms with E-state index in [0.717, 1.165) is 0 Å². The van der Waals surface area contributed by atoms with Crippen molar-refractivity contribution in [2.75, 3.05) is 20.8 Å². The molecule has 0 aliphatic heterocycles. The molecule has 3 aromatic rings. The van der Waals surface area contributed by atoms with Gasteiger partial charge < -0.3 is 19.5 Å². The molecule has 0 bridgehead atoms. The highest BCUT2D eigenvalue weighted by Gasteiger charge is 2.16. The van der Waals surface area contributed by atoms with Crippen molar-refractivity contribution in [3.05, 3.63) is 60.4 Å². The summed E-state index contributed by atoms with van der Waals surface area (Å²) in [5.74, 6) is 2.29. The third kappa shape index (κ3) is 5.05. The minimum absolute atomic E-state index is 0.195. The van der Waals surface area contributed by atoms with Crippen molar-refractivity contribution < 1.29 is 19.0 Å². The second-order valence-corrected chi connectivity index (χ2v) is 6.99. The third-order valence-corrected chi connectivity index (χ3v) is 4.23. The summed E-state index contributed by atoms with van der Waals surface area (Å²) >= 11 is 0. The summed E-state index contributed by atoms with van der Waals surface area (Å²) < 4.78 is 17.1. The second kappa shape index (κ2) is 9.73. The predicted molar refractivity (Wildman–Crippen MR) is 114 cm³/mol. The Hall–Kier alpha value is -3.61. The normalized spacial score (nSPS) is 10.6. The van der Waals surface area contributed by atoms with Crippen LogP contribution >= 0.6 is 0 Å². The molecule has 0 aliphatic rings. The smallest absolute Gasteiger partial charge is 0.251 e. The van der Waals surface area contributed by atoms with Crippen LogP contribution in [-0.2, 0) is 0 Å². The number of pyridine rings is 2. The summed E-state index contributed by atoms with van der Waals surface area (Å²) in [6.07, 6.45) is 3.25. The Kier molecular flexibility index (Phi) is 6.85. The highest BCUT2D eigenvalue weighted by Crippen LogP contribution is 2.38. The minimum atomic E-state index is -0.195. The molecule has 2 heterocycles. The van der Waals surface area contributed by atoms with Gasteiger partial charge in [-0.2, -0.15) is 0 Å². The molecule has 0 radical (unpaired) electrons. The molecule has 0 atom stereocenters. The zero-order chi connectivity index (χ0) is 21.5. The number of carbonyl (C=O) groups is 1. The standard InChI is InChI=1S/C23H25N3O4/c1-15(2)14-29-21-10-8-17(13-26-21)30-20-9-7-16(22(27)24-3)12-19(20)18-6-5-11-25-23(18)28-4/h5-13,15H,14H2,1-4H3,(H,24,27). The van der Waals surface area contributed by atoms with E-state index in [4.69, 9.17) is 14.2 Å². The lowest BCUT2D eigenvalue weighted by Crippen LogP contribution is -2.17. The molecule has 3 rings (SSSR count). The number of nitrogens with one attached hydrogen (secondary N) is 1. The number of aromatic nitrogens is 2. The van der Waals surface area contributed by atoms with Gasteiger partial charge in [-0.15, -0.1) is 0 Å². The van der Waals surface area contributed by atoms with Crippen LogP contribution in [0.3, 0.4) is 0 Å². The van der Waals surface area contributed by atoms with Crippen molar-refractivity contribution in [1.82, 2.24) is 15.3 Å². The minimum Gasteiger partial charge on any atom is -0.481 e. The van der Waals surface area contributed by atoms with Crippen molar-refractivity contribution in [1.29, 1.82) is 0 Å². The maximum absolute atomic E-state index is 12.1. The van der Waals surface area contributed by atoms with E-state index in [1.165, 1.54) is 0 Å². The highest BCUT2D eigenvalue weighted by molar-refractivity contribution is 5.96. The summed E-state index contributed by atoms with van der Waals surface area (Å²) in [7, 11) is 3.14. The van der Waals surface area contributed by atoms with Gasteiger partial charge in [0, 0.05) is 36.0 Å². The largest absolute Gasteiger partial charge is 0.481 e. The Morgan fingerprint density at radius 3 is 2.60 bits per heavy atom. The van der Waals surface area contributed by atoms with Crippen LogP contribution in [0.5, 0.6) is 23.3 Å². The second-order valence-electron chi connectivity index (χ2n) is 6.99. The van der Waals surface area contributed by atoms with Crippen molar-refractivity contribution in [2.24, 2.45) is 5.92 Å². The van der Waals surface area contributed by atoms with Crippen molar-refractivity contribution >= 4 is 5.91 Å². The van der Waals surface area contributed by atoms with Crippen LogP contribution in [0.4, 0.5) is 0 Å². The van der Waals surface area contributed by atoms with Gasteiger partial charge in [0.25, 0.3) is 5.91 Å². The third-order valence-electron chi connectivity index (χ3n) is 4.23. The maximum Gasteiger partial charge on any atom is 0.251 e. The van der Waals surface area contributed by atoms with Gasteiger partial charge in [0.05, 0.1) is 19.9 Å². The van der Waals surface area contributed by atoms with Gasteiger partial charge in [-0.05, 0) is 42.3 Å². The molecule has 0 saturated carbocycles. The fourth-order valence-corrected chi connectivity index (χ4v) is 2.77. The number of nitrogens with zero attached hydrogens (tertiary/aromatic N) is 2. The van der Waals surface area contributed by atoms with Gasteiger partial charge >= 0.3 is 0 Å². The van der Waals surface area contributed by atoms with E-state index in [2.05, 4.69) is 29.1 Å². The van der Waals surface area contributed by atoms with Crippen LogP contribution in [0.2, 0.25) is 0 Å². The lowest BCUT2D eigenvalue weighted by atomic mass is 10.0. The summed E-state index contributed by atoms with van der Waals surface area (Å²) in [5, 5.41) is 2.63. The van der Waals surface area contributed by atoms with Crippen molar-refractivity contribution in [3.8, 4) is 34.4 Å². The van der Waals surface area contributed by atoms with Crippen LogP contribution in [0.25, 0.3) is 11.1 Å².